The fraction of sp³-hybridized carbons (Fsp3) is 0.167. The number of nitrogens with one attached hydrogen (secondary N) is 1. The van der Waals surface area contributed by atoms with Crippen molar-refractivity contribution in [2.75, 3.05) is 0 Å². The molecule has 7 heteroatoms. The van der Waals surface area contributed by atoms with Crippen LogP contribution in [-0.2, 0) is 4.84 Å². The second-order valence-corrected chi connectivity index (χ2v) is 5.89. The average Bonchev–Trinajstić information content (AvgIpc) is 3.02. The lowest BCUT2D eigenvalue weighted by Crippen LogP contribution is -2.25. The molecule has 128 valence electrons. The van der Waals surface area contributed by atoms with E-state index in [0.717, 1.165) is 5.56 Å². The maximum absolute atomic E-state index is 12.4. The van der Waals surface area contributed by atoms with Gasteiger partial charge in [-0.05, 0) is 43.7 Å². The maximum Gasteiger partial charge on any atom is 0.278 e. The van der Waals surface area contributed by atoms with Crippen molar-refractivity contribution < 1.29 is 9.63 Å². The fourth-order valence-electron chi connectivity index (χ4n) is 2.40. The topological polar surface area (TPSA) is 69.0 Å². The third-order valence-electron chi connectivity index (χ3n) is 3.84. The van der Waals surface area contributed by atoms with Crippen molar-refractivity contribution in [2.24, 2.45) is 0 Å². The number of hydroxylamine groups is 1. The molecule has 0 bridgehead atoms. The number of halogens is 1. The predicted octanol–water partition coefficient (Wildman–Crippen LogP) is 3.65. The number of nitrogens with zero attached hydrogens (tertiary/aromatic N) is 3. The molecule has 0 saturated carbocycles. The third-order valence-corrected chi connectivity index (χ3v) is 4.16. The molecule has 0 radical (unpaired) electrons. The highest BCUT2D eigenvalue weighted by molar-refractivity contribution is 6.32. The van der Waals surface area contributed by atoms with E-state index in [1.807, 2.05) is 37.3 Å². The predicted molar refractivity (Wildman–Crippen MR) is 94.5 cm³/mol. The Balaban J connectivity index is 1.72. The molecular weight excluding hydrogens is 340 g/mol. The summed E-state index contributed by atoms with van der Waals surface area (Å²) in [6.07, 6.45) is 4.55. The van der Waals surface area contributed by atoms with Gasteiger partial charge in [-0.3, -0.25) is 14.6 Å². The first-order chi connectivity index (χ1) is 12.1. The van der Waals surface area contributed by atoms with E-state index in [4.69, 9.17) is 16.4 Å². The molecule has 0 aliphatic heterocycles. The van der Waals surface area contributed by atoms with Gasteiger partial charge in [0.2, 0.25) is 0 Å². The smallest absolute Gasteiger partial charge is 0.267 e. The summed E-state index contributed by atoms with van der Waals surface area (Å²) in [7, 11) is 0. The van der Waals surface area contributed by atoms with E-state index in [0.29, 0.717) is 22.0 Å². The van der Waals surface area contributed by atoms with Crippen LogP contribution in [0.3, 0.4) is 0 Å². The lowest BCUT2D eigenvalue weighted by Gasteiger charge is -2.13. The van der Waals surface area contributed by atoms with Gasteiger partial charge in [0.05, 0.1) is 28.2 Å². The molecule has 1 aromatic carbocycles. The SMILES string of the molecule is Cc1c(C(=O)NO[C@@H](C)c2ccncc2)cnn1-c1ccccc1Cl. The zero-order valence-electron chi connectivity index (χ0n) is 13.8. The van der Waals surface area contributed by atoms with Gasteiger partial charge in [0.15, 0.2) is 0 Å². The lowest BCUT2D eigenvalue weighted by molar-refractivity contribution is -0.00898. The van der Waals surface area contributed by atoms with Crippen LogP contribution >= 0.6 is 11.6 Å². The molecule has 3 rings (SSSR count). The zero-order valence-corrected chi connectivity index (χ0v) is 14.6. The Kier molecular flexibility index (Phi) is 5.11. The summed E-state index contributed by atoms with van der Waals surface area (Å²) >= 11 is 6.20. The molecule has 0 fully saturated rings. The highest BCUT2D eigenvalue weighted by atomic mass is 35.5. The summed E-state index contributed by atoms with van der Waals surface area (Å²) in [5.74, 6) is -0.364. The molecule has 1 N–H and O–H groups in total. The molecule has 0 saturated heterocycles. The third kappa shape index (κ3) is 3.70. The summed E-state index contributed by atoms with van der Waals surface area (Å²) in [4.78, 5) is 21.8. The van der Waals surface area contributed by atoms with Crippen molar-refractivity contribution in [1.29, 1.82) is 0 Å². The number of hydrogen-bond acceptors (Lipinski definition) is 4. The Hall–Kier alpha value is -2.70. The number of rotatable bonds is 5. The molecule has 3 aromatic rings. The summed E-state index contributed by atoms with van der Waals surface area (Å²) < 4.78 is 1.63. The Morgan fingerprint density at radius 2 is 1.96 bits per heavy atom. The zero-order chi connectivity index (χ0) is 17.8. The first kappa shape index (κ1) is 17.1. The number of amides is 1. The van der Waals surface area contributed by atoms with Gasteiger partial charge in [-0.1, -0.05) is 23.7 Å². The molecule has 0 spiro atoms. The van der Waals surface area contributed by atoms with Crippen LogP contribution in [0, 0.1) is 6.92 Å². The molecule has 2 heterocycles. The Morgan fingerprint density at radius 3 is 2.68 bits per heavy atom. The van der Waals surface area contributed by atoms with Gasteiger partial charge < -0.3 is 0 Å². The minimum absolute atomic E-state index is 0.300. The van der Waals surface area contributed by atoms with Crippen LogP contribution in [0.2, 0.25) is 5.02 Å². The number of carbonyl (C=O) groups is 1. The van der Waals surface area contributed by atoms with E-state index < -0.39 is 0 Å². The average molecular weight is 357 g/mol. The van der Waals surface area contributed by atoms with Crippen molar-refractivity contribution in [3.05, 3.63) is 76.8 Å². The Morgan fingerprint density at radius 1 is 1.24 bits per heavy atom. The highest BCUT2D eigenvalue weighted by Crippen LogP contribution is 2.22. The molecule has 0 unspecified atom stereocenters. The molecule has 0 aliphatic rings. The van der Waals surface area contributed by atoms with Crippen molar-refractivity contribution in [3.8, 4) is 5.69 Å². The minimum Gasteiger partial charge on any atom is -0.267 e. The first-order valence-corrected chi connectivity index (χ1v) is 8.11. The van der Waals surface area contributed by atoms with E-state index >= 15 is 0 Å². The monoisotopic (exact) mass is 356 g/mol. The van der Waals surface area contributed by atoms with Gasteiger partial charge in [0, 0.05) is 12.4 Å². The first-order valence-electron chi connectivity index (χ1n) is 7.73. The van der Waals surface area contributed by atoms with Crippen molar-refractivity contribution in [1.82, 2.24) is 20.2 Å². The van der Waals surface area contributed by atoms with Crippen molar-refractivity contribution in [3.63, 3.8) is 0 Å². The van der Waals surface area contributed by atoms with E-state index in [2.05, 4.69) is 15.6 Å². The van der Waals surface area contributed by atoms with E-state index in [1.54, 1.807) is 30.1 Å². The standard InChI is InChI=1S/C18H17ClN4O2/c1-12-15(11-21-23(12)17-6-4-3-5-16(17)19)18(24)22-25-13(2)14-7-9-20-10-8-14/h3-11,13H,1-2H3,(H,22,24)/t13-/m0/s1. The van der Waals surface area contributed by atoms with Gasteiger partial charge in [-0.2, -0.15) is 5.10 Å². The summed E-state index contributed by atoms with van der Waals surface area (Å²) in [6.45, 7) is 3.65. The van der Waals surface area contributed by atoms with E-state index in [1.165, 1.54) is 6.20 Å². The van der Waals surface area contributed by atoms with Crippen LogP contribution in [0.1, 0.15) is 34.6 Å². The molecule has 2 aromatic heterocycles. The van der Waals surface area contributed by atoms with Crippen LogP contribution in [0.4, 0.5) is 0 Å². The Bertz CT molecular complexity index is 880. The largest absolute Gasteiger partial charge is 0.278 e. The van der Waals surface area contributed by atoms with Gasteiger partial charge >= 0.3 is 0 Å². The number of para-hydroxylation sites is 1. The molecule has 0 aliphatic carbocycles. The van der Waals surface area contributed by atoms with Crippen LogP contribution in [0.5, 0.6) is 0 Å². The second-order valence-electron chi connectivity index (χ2n) is 5.48. The van der Waals surface area contributed by atoms with E-state index in [9.17, 15) is 4.79 Å². The minimum atomic E-state index is -0.364. The Labute approximate surface area is 150 Å². The summed E-state index contributed by atoms with van der Waals surface area (Å²) in [6, 6.07) is 11.0. The normalized spacial score (nSPS) is 12.0. The number of benzene rings is 1. The molecule has 6 nitrogen and oxygen atoms in total. The molecular formula is C18H17ClN4O2. The lowest BCUT2D eigenvalue weighted by atomic mass is 10.2. The van der Waals surface area contributed by atoms with Gasteiger partial charge in [-0.15, -0.1) is 0 Å². The van der Waals surface area contributed by atoms with Crippen LogP contribution in [0.15, 0.2) is 55.0 Å². The van der Waals surface area contributed by atoms with E-state index in [-0.39, 0.29) is 12.0 Å². The van der Waals surface area contributed by atoms with Gasteiger partial charge in [-0.25, -0.2) is 10.2 Å². The number of pyridine rings is 1. The number of aromatic nitrogens is 3. The van der Waals surface area contributed by atoms with Gasteiger partial charge in [0.1, 0.15) is 6.10 Å². The molecule has 25 heavy (non-hydrogen) atoms. The van der Waals surface area contributed by atoms with Crippen LogP contribution in [-0.4, -0.2) is 20.7 Å². The molecule has 1 atom stereocenters. The van der Waals surface area contributed by atoms with Gasteiger partial charge in [0.25, 0.3) is 5.91 Å². The summed E-state index contributed by atoms with van der Waals surface area (Å²) in [5, 5.41) is 4.82. The van der Waals surface area contributed by atoms with Crippen LogP contribution in [0.25, 0.3) is 5.69 Å². The fourth-order valence-corrected chi connectivity index (χ4v) is 2.61. The highest BCUT2D eigenvalue weighted by Gasteiger charge is 2.17. The van der Waals surface area contributed by atoms with Crippen molar-refractivity contribution >= 4 is 17.5 Å². The van der Waals surface area contributed by atoms with Crippen LogP contribution < -0.4 is 5.48 Å². The second kappa shape index (κ2) is 7.46. The van der Waals surface area contributed by atoms with Crippen molar-refractivity contribution in [2.45, 2.75) is 20.0 Å². The summed E-state index contributed by atoms with van der Waals surface area (Å²) in [5.41, 5.74) is 5.19. The number of carbonyl (C=O) groups excluding carboxylic acids is 1. The molecule has 1 amide bonds. The quantitative estimate of drug-likeness (QED) is 0.708. The maximum atomic E-state index is 12.4. The number of hydrogen-bond donors (Lipinski definition) is 1.